The number of nitrogens with zero attached hydrogens (tertiary/aromatic N) is 2. The number of nitrogens with two attached hydrogens (primary N) is 1. The third kappa shape index (κ3) is 2.89. The third-order valence-electron chi connectivity index (χ3n) is 2.23. The molecule has 0 atom stereocenters. The van der Waals surface area contributed by atoms with Crippen LogP contribution >= 0.6 is 0 Å². The number of rotatable bonds is 3. The number of hydrogen-bond acceptors (Lipinski definition) is 3. The second-order valence-corrected chi connectivity index (χ2v) is 3.19. The normalized spacial score (nSPS) is 17.8. The number of hydrogen-bond donors (Lipinski definition) is 2. The van der Waals surface area contributed by atoms with Gasteiger partial charge < -0.3 is 5.73 Å². The van der Waals surface area contributed by atoms with Gasteiger partial charge in [-0.25, -0.2) is 10.2 Å². The van der Waals surface area contributed by atoms with Crippen molar-refractivity contribution in [1.82, 2.24) is 10.5 Å². The van der Waals surface area contributed by atoms with E-state index in [0.29, 0.717) is 0 Å². The van der Waals surface area contributed by atoms with Crippen molar-refractivity contribution in [1.29, 1.82) is 0 Å². The Morgan fingerprint density at radius 3 is 2.46 bits per heavy atom. The lowest BCUT2D eigenvalue weighted by Gasteiger charge is -2.28. The van der Waals surface area contributed by atoms with Crippen molar-refractivity contribution in [2.75, 3.05) is 0 Å². The summed E-state index contributed by atoms with van der Waals surface area (Å²) in [6.07, 6.45) is 5.08. The molecule has 0 saturated heterocycles. The molecule has 1 aliphatic rings. The van der Waals surface area contributed by atoms with E-state index in [9.17, 15) is 9.70 Å². The lowest BCUT2D eigenvalue weighted by atomic mass is 9.96. The molecule has 6 nitrogen and oxygen atoms in total. The molecule has 0 aliphatic heterocycles. The highest BCUT2D eigenvalue weighted by Crippen LogP contribution is 2.21. The zero-order valence-corrected chi connectivity index (χ0v) is 7.40. The summed E-state index contributed by atoms with van der Waals surface area (Å²) in [5, 5.41) is 3.75. The van der Waals surface area contributed by atoms with Gasteiger partial charge in [-0.2, -0.15) is 5.12 Å². The second-order valence-electron chi connectivity index (χ2n) is 3.19. The quantitative estimate of drug-likeness (QED) is 0.506. The van der Waals surface area contributed by atoms with Crippen LogP contribution in [0.4, 0.5) is 4.79 Å². The first-order valence-corrected chi connectivity index (χ1v) is 4.42. The maximum absolute atomic E-state index is 10.5. The number of carbonyl (C=O) groups excluding carboxylic acids is 1. The van der Waals surface area contributed by atoms with Crippen LogP contribution in [-0.4, -0.2) is 17.2 Å². The Morgan fingerprint density at radius 1 is 1.38 bits per heavy atom. The van der Waals surface area contributed by atoms with E-state index in [2.05, 4.69) is 10.7 Å². The predicted octanol–water partition coefficient (Wildman–Crippen LogP) is 0.886. The molecule has 13 heavy (non-hydrogen) atoms. The fourth-order valence-corrected chi connectivity index (χ4v) is 1.62. The van der Waals surface area contributed by atoms with Gasteiger partial charge in [0.25, 0.3) is 0 Å². The molecule has 6 heteroatoms. The fraction of sp³-hybridized carbons (Fsp3) is 0.857. The zero-order valence-electron chi connectivity index (χ0n) is 7.40. The van der Waals surface area contributed by atoms with Gasteiger partial charge >= 0.3 is 6.03 Å². The van der Waals surface area contributed by atoms with E-state index in [0.717, 1.165) is 30.8 Å². The van der Waals surface area contributed by atoms with E-state index in [4.69, 9.17) is 5.73 Å². The van der Waals surface area contributed by atoms with Crippen molar-refractivity contribution in [3.63, 3.8) is 0 Å². The Bertz CT molecular complexity index is 191. The van der Waals surface area contributed by atoms with Crippen LogP contribution in [0.1, 0.15) is 32.1 Å². The first-order chi connectivity index (χ1) is 6.24. The molecule has 0 spiro atoms. The van der Waals surface area contributed by atoms with Crippen molar-refractivity contribution in [3.05, 3.63) is 4.91 Å². The van der Waals surface area contributed by atoms with Crippen LogP contribution in [0.25, 0.3) is 0 Å². The van der Waals surface area contributed by atoms with E-state index >= 15 is 0 Å². The fourth-order valence-electron chi connectivity index (χ4n) is 1.62. The molecule has 0 bridgehead atoms. The van der Waals surface area contributed by atoms with Crippen LogP contribution in [0, 0.1) is 4.91 Å². The van der Waals surface area contributed by atoms with Crippen molar-refractivity contribution in [2.45, 2.75) is 38.1 Å². The van der Waals surface area contributed by atoms with Gasteiger partial charge in [0.05, 0.1) is 11.3 Å². The minimum atomic E-state index is -0.745. The van der Waals surface area contributed by atoms with Gasteiger partial charge in [-0.3, -0.25) is 0 Å². The van der Waals surface area contributed by atoms with Crippen molar-refractivity contribution in [2.24, 2.45) is 11.0 Å². The molecule has 74 valence electrons. The van der Waals surface area contributed by atoms with Gasteiger partial charge in [0.15, 0.2) is 0 Å². The van der Waals surface area contributed by atoms with E-state index in [-0.39, 0.29) is 6.04 Å². The lowest BCUT2D eigenvalue weighted by Crippen LogP contribution is -2.47. The summed E-state index contributed by atoms with van der Waals surface area (Å²) in [6, 6.07) is -0.732. The first-order valence-electron chi connectivity index (χ1n) is 4.42. The molecule has 1 rings (SSSR count). The molecule has 0 radical (unpaired) electrons. The van der Waals surface area contributed by atoms with Gasteiger partial charge in [-0.1, -0.05) is 19.3 Å². The molecule has 1 aliphatic carbocycles. The maximum Gasteiger partial charge on any atom is 0.332 e. The molecular formula is C7H14N4O2. The first kappa shape index (κ1) is 9.76. The summed E-state index contributed by atoms with van der Waals surface area (Å²) in [7, 11) is 0. The Morgan fingerprint density at radius 2 is 2.00 bits per heavy atom. The number of nitroso groups, excluding NO2 is 1. The second kappa shape index (κ2) is 4.64. The summed E-state index contributed by atoms with van der Waals surface area (Å²) in [5.41, 5.74) is 7.08. The van der Waals surface area contributed by atoms with Crippen LogP contribution in [0.2, 0.25) is 0 Å². The summed E-state index contributed by atoms with van der Waals surface area (Å²) in [4.78, 5) is 20.8. The standard InChI is InChI=1S/C7H14N4O2/c8-7(12)9-11(10-13)6-4-2-1-3-5-6/h6H,1-5H2,(H3,8,9,12). The number of urea groups is 1. The van der Waals surface area contributed by atoms with E-state index in [1.54, 1.807) is 0 Å². The molecule has 0 aromatic rings. The Balaban J connectivity index is 2.43. The van der Waals surface area contributed by atoms with Gasteiger partial charge in [0, 0.05) is 0 Å². The third-order valence-corrected chi connectivity index (χ3v) is 2.23. The van der Waals surface area contributed by atoms with E-state index in [1.165, 1.54) is 6.42 Å². The molecule has 1 fully saturated rings. The zero-order chi connectivity index (χ0) is 9.68. The minimum Gasteiger partial charge on any atom is -0.350 e. The van der Waals surface area contributed by atoms with Gasteiger partial charge in [0.2, 0.25) is 0 Å². The van der Waals surface area contributed by atoms with Crippen LogP contribution in [0.3, 0.4) is 0 Å². The molecule has 0 aromatic heterocycles. The maximum atomic E-state index is 10.5. The van der Waals surface area contributed by atoms with Crippen LogP contribution in [0.15, 0.2) is 5.29 Å². The number of nitrogens with one attached hydrogen (secondary N) is 1. The highest BCUT2D eigenvalue weighted by molar-refractivity contribution is 5.70. The molecule has 1 saturated carbocycles. The monoisotopic (exact) mass is 186 g/mol. The van der Waals surface area contributed by atoms with E-state index in [1.807, 2.05) is 0 Å². The summed E-state index contributed by atoms with van der Waals surface area (Å²) in [5.74, 6) is 0. The van der Waals surface area contributed by atoms with Crippen molar-refractivity contribution >= 4 is 6.03 Å². The Labute approximate surface area is 76.4 Å². The van der Waals surface area contributed by atoms with Crippen LogP contribution < -0.4 is 11.2 Å². The molecule has 0 unspecified atom stereocenters. The van der Waals surface area contributed by atoms with Crippen molar-refractivity contribution in [3.8, 4) is 0 Å². The Kier molecular flexibility index (Phi) is 3.48. The predicted molar refractivity (Wildman–Crippen MR) is 47.2 cm³/mol. The summed E-state index contributed by atoms with van der Waals surface area (Å²) < 4.78 is 0. The largest absolute Gasteiger partial charge is 0.350 e. The number of primary amides is 1. The number of amides is 2. The minimum absolute atomic E-state index is 0.0127. The smallest absolute Gasteiger partial charge is 0.332 e. The lowest BCUT2D eigenvalue weighted by molar-refractivity contribution is 0.110. The SMILES string of the molecule is NC(=O)NN(N=O)C1CCCCC1. The average Bonchev–Trinajstić information content (AvgIpc) is 2.15. The summed E-state index contributed by atoms with van der Waals surface area (Å²) >= 11 is 0. The molecule has 0 aromatic carbocycles. The average molecular weight is 186 g/mol. The molecule has 3 N–H and O–H groups in total. The topological polar surface area (TPSA) is 87.8 Å². The highest BCUT2D eigenvalue weighted by Gasteiger charge is 2.21. The highest BCUT2D eigenvalue weighted by atomic mass is 16.3. The molecule has 0 heterocycles. The van der Waals surface area contributed by atoms with Crippen LogP contribution in [-0.2, 0) is 0 Å². The Hall–Kier alpha value is -1.33. The molecule has 2 amide bonds. The molecular weight excluding hydrogens is 172 g/mol. The van der Waals surface area contributed by atoms with E-state index < -0.39 is 6.03 Å². The summed E-state index contributed by atoms with van der Waals surface area (Å²) in [6.45, 7) is 0. The number of carbonyl (C=O) groups is 1. The number of hydrazine groups is 1. The van der Waals surface area contributed by atoms with Crippen molar-refractivity contribution < 1.29 is 4.79 Å². The van der Waals surface area contributed by atoms with Gasteiger partial charge in [-0.15, -0.1) is 4.91 Å². The van der Waals surface area contributed by atoms with Gasteiger partial charge in [-0.05, 0) is 12.8 Å². The van der Waals surface area contributed by atoms with Crippen LogP contribution in [0.5, 0.6) is 0 Å². The van der Waals surface area contributed by atoms with Gasteiger partial charge in [0.1, 0.15) is 0 Å².